The largest absolute Gasteiger partial charge is 0.463 e. The molecule has 0 aliphatic heterocycles. The molecule has 0 aliphatic carbocycles. The molecule has 2 unspecified atom stereocenters. The van der Waals surface area contributed by atoms with E-state index in [9.17, 15) is 15.0 Å². The van der Waals surface area contributed by atoms with Crippen LogP contribution in [-0.4, -0.2) is 42.7 Å². The molecule has 0 saturated carbocycles. The van der Waals surface area contributed by atoms with Gasteiger partial charge in [0.1, 0.15) is 11.8 Å². The minimum atomic E-state index is -1.88. The van der Waals surface area contributed by atoms with Crippen LogP contribution in [0.2, 0.25) is 19.6 Å². The Morgan fingerprint density at radius 2 is 1.14 bits per heavy atom. The topological polar surface area (TPSA) is 66.8 Å². The van der Waals surface area contributed by atoms with Crippen LogP contribution < -0.4 is 0 Å². The molecule has 0 saturated heterocycles. The van der Waals surface area contributed by atoms with E-state index < -0.39 is 19.9 Å². The van der Waals surface area contributed by atoms with Crippen molar-refractivity contribution in [3.8, 4) is 0 Å². The Labute approximate surface area is 181 Å². The predicted molar refractivity (Wildman–Crippen MR) is 126 cm³/mol. The van der Waals surface area contributed by atoms with Crippen LogP contribution in [0.4, 0.5) is 0 Å². The van der Waals surface area contributed by atoms with Crippen LogP contribution >= 0.6 is 0 Å². The summed E-state index contributed by atoms with van der Waals surface area (Å²) < 4.78 is 5.50. The molecule has 0 rings (SSSR count). The molecule has 174 valence electrons. The highest BCUT2D eigenvalue weighted by molar-refractivity contribution is 6.77. The number of aliphatic hydroxyl groups excluding tert-OH is 2. The molecule has 0 radical (unpaired) electrons. The zero-order chi connectivity index (χ0) is 22.0. The smallest absolute Gasteiger partial charge is 0.305 e. The molecule has 0 aromatic rings. The highest BCUT2D eigenvalue weighted by Crippen LogP contribution is 2.18. The number of carbonyl (C=O) groups is 1. The summed E-state index contributed by atoms with van der Waals surface area (Å²) in [6.45, 7) is 8.03. The fourth-order valence-corrected chi connectivity index (χ4v) is 5.51. The molecule has 0 heterocycles. The average Bonchev–Trinajstić information content (AvgIpc) is 2.67. The van der Waals surface area contributed by atoms with Gasteiger partial charge in [0, 0.05) is 6.42 Å². The van der Waals surface area contributed by atoms with Crippen LogP contribution in [0, 0.1) is 0 Å². The lowest BCUT2D eigenvalue weighted by atomic mass is 10.0. The summed E-state index contributed by atoms with van der Waals surface area (Å²) in [4.78, 5) is 12.1. The highest BCUT2D eigenvalue weighted by atomic mass is 28.3. The van der Waals surface area contributed by atoms with E-state index in [1.54, 1.807) is 0 Å². The lowest BCUT2D eigenvalue weighted by Gasteiger charge is -2.31. The van der Waals surface area contributed by atoms with Gasteiger partial charge in [-0.1, -0.05) is 116 Å². The van der Waals surface area contributed by atoms with Crippen molar-refractivity contribution in [1.29, 1.82) is 0 Å². The van der Waals surface area contributed by atoms with Crippen molar-refractivity contribution >= 4 is 14.0 Å². The van der Waals surface area contributed by atoms with Gasteiger partial charge in [0.05, 0.1) is 14.7 Å². The van der Waals surface area contributed by atoms with Gasteiger partial charge >= 0.3 is 5.97 Å². The van der Waals surface area contributed by atoms with E-state index in [4.69, 9.17) is 4.74 Å². The quantitative estimate of drug-likeness (QED) is 0.133. The molecule has 0 aromatic carbocycles. The first-order valence-corrected chi connectivity index (χ1v) is 15.9. The number of aliphatic hydroxyl groups is 2. The van der Waals surface area contributed by atoms with Crippen molar-refractivity contribution in [3.05, 3.63) is 0 Å². The third-order valence-electron chi connectivity index (χ3n) is 5.63. The van der Waals surface area contributed by atoms with Crippen molar-refractivity contribution in [2.24, 2.45) is 0 Å². The molecule has 29 heavy (non-hydrogen) atoms. The van der Waals surface area contributed by atoms with E-state index in [1.165, 1.54) is 83.5 Å². The van der Waals surface area contributed by atoms with E-state index in [1.807, 2.05) is 19.6 Å². The molecular weight excluding hydrogens is 380 g/mol. The second-order valence-corrected chi connectivity index (χ2v) is 15.0. The number of ether oxygens (including phenoxy) is 1. The molecule has 5 heteroatoms. The van der Waals surface area contributed by atoms with Crippen LogP contribution in [0.1, 0.15) is 110 Å². The first-order chi connectivity index (χ1) is 13.8. The van der Waals surface area contributed by atoms with Gasteiger partial charge in [0.15, 0.2) is 0 Å². The van der Waals surface area contributed by atoms with Gasteiger partial charge in [-0.15, -0.1) is 0 Å². The number of hydrogen-bond donors (Lipinski definition) is 2. The number of rotatable bonds is 20. The Morgan fingerprint density at radius 3 is 1.48 bits per heavy atom. The van der Waals surface area contributed by atoms with Gasteiger partial charge in [-0.05, 0) is 6.42 Å². The maximum absolute atomic E-state index is 12.1. The van der Waals surface area contributed by atoms with Gasteiger partial charge < -0.3 is 14.9 Å². The molecule has 0 spiro atoms. The van der Waals surface area contributed by atoms with Crippen LogP contribution in [0.5, 0.6) is 0 Å². The van der Waals surface area contributed by atoms with Crippen molar-refractivity contribution < 1.29 is 19.7 Å². The minimum absolute atomic E-state index is 0.236. The normalized spacial score (nSPS) is 14.0. The average molecular weight is 431 g/mol. The summed E-state index contributed by atoms with van der Waals surface area (Å²) in [6, 6.07) is 0. The molecule has 0 fully saturated rings. The maximum atomic E-state index is 12.1. The third kappa shape index (κ3) is 17.0. The second-order valence-electron chi connectivity index (χ2n) is 9.73. The van der Waals surface area contributed by atoms with E-state index >= 15 is 0 Å². The molecule has 4 nitrogen and oxygen atoms in total. The number of hydrogen-bond acceptors (Lipinski definition) is 4. The van der Waals surface area contributed by atoms with Crippen molar-refractivity contribution in [1.82, 2.24) is 0 Å². The third-order valence-corrected chi connectivity index (χ3v) is 7.84. The van der Waals surface area contributed by atoms with E-state index in [2.05, 4.69) is 6.92 Å². The van der Waals surface area contributed by atoms with Crippen LogP contribution in [0.25, 0.3) is 0 Å². The summed E-state index contributed by atoms with van der Waals surface area (Å²) in [5.41, 5.74) is -0.531. The summed E-state index contributed by atoms with van der Waals surface area (Å²) in [5, 5.41) is 19.1. The number of unbranched alkanes of at least 4 members (excludes halogenated alkanes) is 14. The lowest BCUT2D eigenvalue weighted by Crippen LogP contribution is -2.50. The summed E-state index contributed by atoms with van der Waals surface area (Å²) >= 11 is 0. The van der Waals surface area contributed by atoms with Crippen molar-refractivity contribution in [2.75, 3.05) is 6.61 Å². The fourth-order valence-electron chi connectivity index (χ4n) is 3.77. The standard InChI is InChI=1S/C24H50O4Si/c1-5-6-7-8-9-10-11-12-13-14-15-16-17-18-19-20-23(27)28-24(22(26)21-25)29(2,3)4/h22,24-26H,5-21H2,1-4H3. The van der Waals surface area contributed by atoms with E-state index in [0.29, 0.717) is 6.42 Å². The van der Waals surface area contributed by atoms with Gasteiger partial charge in [0.2, 0.25) is 0 Å². The Bertz CT molecular complexity index is 382. The number of esters is 1. The molecule has 0 bridgehead atoms. The Hall–Kier alpha value is -0.393. The molecular formula is C24H50O4Si. The molecule has 0 aromatic heterocycles. The van der Waals surface area contributed by atoms with Crippen LogP contribution in [0.15, 0.2) is 0 Å². The maximum Gasteiger partial charge on any atom is 0.305 e. The first-order valence-electron chi connectivity index (χ1n) is 12.3. The Morgan fingerprint density at radius 1 is 0.759 bits per heavy atom. The summed E-state index contributed by atoms with van der Waals surface area (Å²) in [5.74, 6) is -0.236. The SMILES string of the molecule is CCCCCCCCCCCCCCCCCC(=O)OC(C(O)CO)[Si](C)(C)C. The van der Waals surface area contributed by atoms with Gasteiger partial charge in [-0.3, -0.25) is 4.79 Å². The van der Waals surface area contributed by atoms with Gasteiger partial charge in [0.25, 0.3) is 0 Å². The lowest BCUT2D eigenvalue weighted by molar-refractivity contribution is -0.151. The van der Waals surface area contributed by atoms with Crippen molar-refractivity contribution in [3.63, 3.8) is 0 Å². The Balaban J connectivity index is 3.53. The molecule has 0 aliphatic rings. The molecule has 2 atom stereocenters. The van der Waals surface area contributed by atoms with E-state index in [-0.39, 0.29) is 12.6 Å². The molecule has 0 amide bonds. The van der Waals surface area contributed by atoms with E-state index in [0.717, 1.165) is 12.8 Å². The zero-order valence-electron chi connectivity index (χ0n) is 19.9. The summed E-state index contributed by atoms with van der Waals surface area (Å²) in [7, 11) is -1.88. The van der Waals surface area contributed by atoms with Crippen LogP contribution in [0.3, 0.4) is 0 Å². The molecule has 2 N–H and O–H groups in total. The van der Waals surface area contributed by atoms with Gasteiger partial charge in [-0.2, -0.15) is 0 Å². The monoisotopic (exact) mass is 430 g/mol. The minimum Gasteiger partial charge on any atom is -0.463 e. The number of carbonyl (C=O) groups excluding carboxylic acids is 1. The van der Waals surface area contributed by atoms with Gasteiger partial charge in [-0.25, -0.2) is 0 Å². The predicted octanol–water partition coefficient (Wildman–Crippen LogP) is 6.39. The van der Waals surface area contributed by atoms with Crippen molar-refractivity contribution in [2.45, 2.75) is 141 Å². The van der Waals surface area contributed by atoms with Crippen LogP contribution in [-0.2, 0) is 9.53 Å². The first kappa shape index (κ1) is 28.6. The summed E-state index contributed by atoms with van der Waals surface area (Å²) in [6.07, 6.45) is 19.0. The zero-order valence-corrected chi connectivity index (χ0v) is 20.9. The second kappa shape index (κ2) is 18.4. The Kier molecular flexibility index (Phi) is 18.1. The fraction of sp³-hybridized carbons (Fsp3) is 0.958. The highest BCUT2D eigenvalue weighted by Gasteiger charge is 2.35.